The fraction of sp³-hybridized carbons (Fsp3) is 0.0833. The first kappa shape index (κ1) is 15.7. The number of hydrogen-bond acceptors (Lipinski definition) is 5. The molecule has 0 radical (unpaired) electrons. The number of thiocarbonyl (C=S) groups is 1. The Labute approximate surface area is 144 Å². The average Bonchev–Trinajstić information content (AvgIpc) is 2.86. The number of rotatable bonds is 5. The van der Waals surface area contributed by atoms with E-state index in [0.717, 1.165) is 15.8 Å². The summed E-state index contributed by atoms with van der Waals surface area (Å²) in [5.41, 5.74) is 0.930. The van der Waals surface area contributed by atoms with Crippen LogP contribution < -0.4 is 10.6 Å². The van der Waals surface area contributed by atoms with E-state index in [4.69, 9.17) is 12.2 Å². The maximum atomic E-state index is 5.23. The maximum absolute atomic E-state index is 5.23. The van der Waals surface area contributed by atoms with Crippen molar-refractivity contribution in [1.29, 1.82) is 0 Å². The van der Waals surface area contributed by atoms with Gasteiger partial charge in [0, 0.05) is 15.0 Å². The molecule has 0 aliphatic rings. The molecule has 0 saturated carbocycles. The lowest BCUT2D eigenvalue weighted by atomic mass is 10.3. The van der Waals surface area contributed by atoms with Crippen molar-refractivity contribution < 1.29 is 0 Å². The lowest BCUT2D eigenvalue weighted by Gasteiger charge is -2.07. The fourth-order valence-electron chi connectivity index (χ4n) is 1.25. The van der Waals surface area contributed by atoms with Crippen molar-refractivity contribution in [2.24, 2.45) is 0 Å². The van der Waals surface area contributed by atoms with Gasteiger partial charge in [-0.2, -0.15) is 9.36 Å². The van der Waals surface area contributed by atoms with Gasteiger partial charge < -0.3 is 10.6 Å². The highest BCUT2D eigenvalue weighted by atomic mass is 127. The number of nitrogens with one attached hydrogen (secondary N) is 2. The molecule has 1 aromatic heterocycles. The largest absolute Gasteiger partial charge is 0.332 e. The first-order chi connectivity index (χ1) is 9.67. The Hall–Kier alpha value is -0.710. The number of benzene rings is 1. The molecule has 0 saturated heterocycles. The Balaban J connectivity index is 1.89. The van der Waals surface area contributed by atoms with Gasteiger partial charge in [-0.05, 0) is 70.6 Å². The Bertz CT molecular complexity index is 597. The second-order valence-corrected chi connectivity index (χ2v) is 7.24. The molecule has 0 fully saturated rings. The highest BCUT2D eigenvalue weighted by molar-refractivity contribution is 14.1. The van der Waals surface area contributed by atoms with Crippen LogP contribution in [0, 0.1) is 3.57 Å². The molecule has 2 rings (SSSR count). The van der Waals surface area contributed by atoms with Crippen LogP contribution in [0.25, 0.3) is 0 Å². The first-order valence-corrected chi connectivity index (χ1v) is 8.83. The van der Waals surface area contributed by atoms with Crippen molar-refractivity contribution in [2.75, 3.05) is 16.4 Å². The molecule has 2 N–H and O–H groups in total. The minimum Gasteiger partial charge on any atom is -0.332 e. The molecule has 1 aromatic carbocycles. The third kappa shape index (κ3) is 5.00. The van der Waals surface area contributed by atoms with Crippen molar-refractivity contribution in [3.05, 3.63) is 40.5 Å². The van der Waals surface area contributed by atoms with Gasteiger partial charge in [-0.1, -0.05) is 17.8 Å². The minimum atomic E-state index is 0.476. The number of hydrogen-bond donors (Lipinski definition) is 2. The van der Waals surface area contributed by atoms with E-state index in [2.05, 4.69) is 49.2 Å². The molecule has 104 valence electrons. The van der Waals surface area contributed by atoms with E-state index in [1.165, 1.54) is 15.1 Å². The zero-order valence-corrected chi connectivity index (χ0v) is 14.9. The van der Waals surface area contributed by atoms with Gasteiger partial charge >= 0.3 is 0 Å². The number of thioether (sulfide) groups is 1. The number of anilines is 2. The summed E-state index contributed by atoms with van der Waals surface area (Å²) in [5.74, 6) is 1.34. The topological polar surface area (TPSA) is 49.8 Å². The second-order valence-electron chi connectivity index (χ2n) is 3.57. The number of aromatic nitrogens is 2. The number of nitrogens with zero attached hydrogens (tertiary/aromatic N) is 2. The smallest absolute Gasteiger partial charge is 0.241 e. The van der Waals surface area contributed by atoms with Crippen LogP contribution in [-0.2, 0) is 0 Å². The molecule has 1 heterocycles. The molecular formula is C12H11IN4S3. The summed E-state index contributed by atoms with van der Waals surface area (Å²) in [6.07, 6.45) is 1.84. The molecule has 0 aliphatic carbocycles. The van der Waals surface area contributed by atoms with Crippen LogP contribution in [0.5, 0.6) is 0 Å². The van der Waals surface area contributed by atoms with Gasteiger partial charge in [0.05, 0.1) is 0 Å². The molecule has 8 heteroatoms. The third-order valence-electron chi connectivity index (χ3n) is 2.06. The van der Waals surface area contributed by atoms with E-state index >= 15 is 0 Å². The van der Waals surface area contributed by atoms with Gasteiger partial charge in [-0.3, -0.25) is 0 Å². The maximum Gasteiger partial charge on any atom is 0.241 e. The predicted molar refractivity (Wildman–Crippen MR) is 99.8 cm³/mol. The minimum absolute atomic E-state index is 0.476. The molecular weight excluding hydrogens is 423 g/mol. The van der Waals surface area contributed by atoms with Gasteiger partial charge in [0.2, 0.25) is 5.95 Å². The summed E-state index contributed by atoms with van der Waals surface area (Å²) in [5, 5.41) is 6.53. The lowest BCUT2D eigenvalue weighted by Crippen LogP contribution is -2.19. The highest BCUT2D eigenvalue weighted by Gasteiger charge is 2.06. The van der Waals surface area contributed by atoms with Crippen LogP contribution >= 0.6 is 58.1 Å². The normalized spacial score (nSPS) is 10.1. The van der Waals surface area contributed by atoms with E-state index in [9.17, 15) is 0 Å². The third-order valence-corrected chi connectivity index (χ3v) is 4.81. The summed E-state index contributed by atoms with van der Waals surface area (Å²) < 4.78 is 6.27. The van der Waals surface area contributed by atoms with Gasteiger partial charge in [0.1, 0.15) is 0 Å². The summed E-state index contributed by atoms with van der Waals surface area (Å²) in [4.78, 5) is 4.33. The summed E-state index contributed by atoms with van der Waals surface area (Å²) >= 11 is 10.4. The number of halogens is 1. The fourth-order valence-corrected chi connectivity index (χ4v) is 3.13. The van der Waals surface area contributed by atoms with Gasteiger partial charge in [0.25, 0.3) is 0 Å². The van der Waals surface area contributed by atoms with Crippen molar-refractivity contribution in [2.45, 2.75) is 4.34 Å². The van der Waals surface area contributed by atoms with Crippen LogP contribution in [0.1, 0.15) is 0 Å². The molecule has 20 heavy (non-hydrogen) atoms. The standard InChI is InChI=1S/C12H11IN4S3/c1-2-7-19-12-16-10(17-20-12)15-11(18)14-9-5-3-8(13)4-6-9/h2-6H,1,7H2,(H2,14,15,17,18). The van der Waals surface area contributed by atoms with Gasteiger partial charge in [-0.15, -0.1) is 6.58 Å². The van der Waals surface area contributed by atoms with Crippen molar-refractivity contribution >= 4 is 74.9 Å². The zero-order valence-electron chi connectivity index (χ0n) is 10.3. The Morgan fingerprint density at radius 1 is 1.40 bits per heavy atom. The zero-order chi connectivity index (χ0) is 14.4. The van der Waals surface area contributed by atoms with E-state index in [0.29, 0.717) is 11.1 Å². The molecule has 0 atom stereocenters. The highest BCUT2D eigenvalue weighted by Crippen LogP contribution is 2.21. The van der Waals surface area contributed by atoms with E-state index in [1.807, 2.05) is 30.3 Å². The molecule has 0 amide bonds. The van der Waals surface area contributed by atoms with Crippen LogP contribution in [0.2, 0.25) is 0 Å². The molecule has 0 aliphatic heterocycles. The second kappa shape index (κ2) is 7.91. The summed E-state index contributed by atoms with van der Waals surface area (Å²) in [6.45, 7) is 3.67. The predicted octanol–water partition coefficient (Wildman–Crippen LogP) is 4.23. The van der Waals surface area contributed by atoms with E-state index in [1.54, 1.807) is 11.8 Å². The van der Waals surface area contributed by atoms with E-state index < -0.39 is 0 Å². The monoisotopic (exact) mass is 434 g/mol. The van der Waals surface area contributed by atoms with Crippen molar-refractivity contribution in [3.63, 3.8) is 0 Å². The molecule has 0 unspecified atom stereocenters. The van der Waals surface area contributed by atoms with Crippen LogP contribution in [0.15, 0.2) is 41.3 Å². The quantitative estimate of drug-likeness (QED) is 0.318. The summed E-state index contributed by atoms with van der Waals surface area (Å²) in [6, 6.07) is 7.96. The Morgan fingerprint density at radius 2 is 2.15 bits per heavy atom. The molecule has 2 aromatic rings. The first-order valence-electron chi connectivity index (χ1n) is 5.58. The molecule has 4 nitrogen and oxygen atoms in total. The van der Waals surface area contributed by atoms with Gasteiger partial charge in [0.15, 0.2) is 9.45 Å². The average molecular weight is 434 g/mol. The Morgan fingerprint density at radius 3 is 2.85 bits per heavy atom. The van der Waals surface area contributed by atoms with Crippen molar-refractivity contribution in [3.8, 4) is 0 Å². The van der Waals surface area contributed by atoms with Crippen molar-refractivity contribution in [1.82, 2.24) is 9.36 Å². The van der Waals surface area contributed by atoms with Gasteiger partial charge in [-0.25, -0.2) is 0 Å². The Kier molecular flexibility index (Phi) is 6.20. The molecule has 0 bridgehead atoms. The van der Waals surface area contributed by atoms with E-state index in [-0.39, 0.29) is 0 Å². The van der Waals surface area contributed by atoms with Crippen LogP contribution in [-0.4, -0.2) is 20.2 Å². The SMILES string of the molecule is C=CCSc1nc(NC(=S)Nc2ccc(I)cc2)ns1. The molecule has 0 spiro atoms. The summed E-state index contributed by atoms with van der Waals surface area (Å²) in [7, 11) is 0. The van der Waals surface area contributed by atoms with Crippen LogP contribution in [0.4, 0.5) is 11.6 Å². The lowest BCUT2D eigenvalue weighted by molar-refractivity contribution is 1.22. The van der Waals surface area contributed by atoms with Crippen LogP contribution in [0.3, 0.4) is 0 Å².